The van der Waals surface area contributed by atoms with E-state index >= 15 is 0 Å². The fourth-order valence-corrected chi connectivity index (χ4v) is 3.29. The maximum atomic E-state index is 11.8. The van der Waals surface area contributed by atoms with E-state index in [9.17, 15) is 14.7 Å². The second kappa shape index (κ2) is 8.67. The van der Waals surface area contributed by atoms with Gasteiger partial charge in [-0.3, -0.25) is 9.69 Å². The molecule has 0 atom stereocenters. The summed E-state index contributed by atoms with van der Waals surface area (Å²) in [6, 6.07) is 8.88. The molecule has 8 nitrogen and oxygen atoms in total. The summed E-state index contributed by atoms with van der Waals surface area (Å²) in [7, 11) is 0. The number of hydrogen-bond acceptors (Lipinski definition) is 6. The standard InChI is InChI=1S/C20H23N5O3/c1-2-19(26)22-14-4-5-17-15(12-14)16(20(27)28)13-18(23-17)25-10-8-24(9-11-25)7-3-6-21/h4-5,12-13H,2-3,7-11H2,1H3,(H,22,26)(H,27,28). The molecule has 0 unspecified atom stereocenters. The van der Waals surface area contributed by atoms with Gasteiger partial charge in [0.05, 0.1) is 17.1 Å². The van der Waals surface area contributed by atoms with Crippen molar-refractivity contribution in [3.8, 4) is 6.07 Å². The number of carboxylic acids is 1. The number of carboxylic acid groups (broad SMARTS) is 1. The van der Waals surface area contributed by atoms with Crippen molar-refractivity contribution >= 4 is 34.3 Å². The molecule has 0 aliphatic carbocycles. The number of rotatable bonds is 6. The van der Waals surface area contributed by atoms with E-state index in [4.69, 9.17) is 5.26 Å². The molecule has 1 aromatic carbocycles. The molecule has 1 amide bonds. The van der Waals surface area contributed by atoms with Gasteiger partial charge in [0.2, 0.25) is 5.91 Å². The van der Waals surface area contributed by atoms with Gasteiger partial charge in [-0.2, -0.15) is 5.26 Å². The van der Waals surface area contributed by atoms with E-state index < -0.39 is 5.97 Å². The van der Waals surface area contributed by atoms with E-state index in [1.807, 2.05) is 0 Å². The quantitative estimate of drug-likeness (QED) is 0.790. The number of nitriles is 1. The van der Waals surface area contributed by atoms with Crippen LogP contribution in [0.2, 0.25) is 0 Å². The van der Waals surface area contributed by atoms with Crippen LogP contribution in [-0.4, -0.2) is 59.6 Å². The SMILES string of the molecule is CCC(=O)Nc1ccc2nc(N3CCN(CCC#N)CC3)cc(C(=O)O)c2c1. The Bertz CT molecular complexity index is 929. The lowest BCUT2D eigenvalue weighted by Gasteiger charge is -2.35. The Hall–Kier alpha value is -3.18. The summed E-state index contributed by atoms with van der Waals surface area (Å²) < 4.78 is 0. The molecule has 0 saturated carbocycles. The number of nitrogens with zero attached hydrogens (tertiary/aromatic N) is 4. The Balaban J connectivity index is 1.87. The van der Waals surface area contributed by atoms with E-state index in [-0.39, 0.29) is 11.5 Å². The molecule has 0 spiro atoms. The lowest BCUT2D eigenvalue weighted by molar-refractivity contribution is -0.115. The molecule has 28 heavy (non-hydrogen) atoms. The van der Waals surface area contributed by atoms with Crippen molar-refractivity contribution in [3.05, 3.63) is 29.8 Å². The molecule has 2 heterocycles. The summed E-state index contributed by atoms with van der Waals surface area (Å²) >= 11 is 0. The second-order valence-corrected chi connectivity index (χ2v) is 6.70. The van der Waals surface area contributed by atoms with Gasteiger partial charge in [-0.05, 0) is 24.3 Å². The molecule has 1 aliphatic heterocycles. The van der Waals surface area contributed by atoms with Gasteiger partial charge in [0.15, 0.2) is 0 Å². The molecule has 146 valence electrons. The molecule has 0 bridgehead atoms. The zero-order valence-electron chi connectivity index (χ0n) is 15.8. The van der Waals surface area contributed by atoms with Crippen molar-refractivity contribution < 1.29 is 14.7 Å². The fourth-order valence-electron chi connectivity index (χ4n) is 3.29. The number of aromatic carboxylic acids is 1. The van der Waals surface area contributed by atoms with E-state index in [2.05, 4.69) is 26.2 Å². The van der Waals surface area contributed by atoms with Crippen LogP contribution in [0.1, 0.15) is 30.1 Å². The van der Waals surface area contributed by atoms with E-state index in [0.717, 1.165) is 32.7 Å². The molecule has 2 N–H and O–H groups in total. The van der Waals surface area contributed by atoms with Crippen LogP contribution in [0.25, 0.3) is 10.9 Å². The van der Waals surface area contributed by atoms with Crippen LogP contribution in [0.4, 0.5) is 11.5 Å². The number of anilines is 2. The van der Waals surface area contributed by atoms with Crippen molar-refractivity contribution in [2.24, 2.45) is 0 Å². The molecule has 1 fully saturated rings. The topological polar surface area (TPSA) is 110 Å². The third-order valence-electron chi connectivity index (χ3n) is 4.87. The van der Waals surface area contributed by atoms with Crippen LogP contribution >= 0.6 is 0 Å². The van der Waals surface area contributed by atoms with Crippen LogP contribution < -0.4 is 10.2 Å². The molecule has 0 radical (unpaired) electrons. The number of carbonyl (C=O) groups is 2. The van der Waals surface area contributed by atoms with Gasteiger partial charge in [-0.25, -0.2) is 9.78 Å². The van der Waals surface area contributed by atoms with Crippen molar-refractivity contribution in [1.82, 2.24) is 9.88 Å². The van der Waals surface area contributed by atoms with Crippen LogP contribution in [0.15, 0.2) is 24.3 Å². The summed E-state index contributed by atoms with van der Waals surface area (Å²) in [4.78, 5) is 32.4. The number of nitrogens with one attached hydrogen (secondary N) is 1. The van der Waals surface area contributed by atoms with Crippen LogP contribution in [-0.2, 0) is 4.79 Å². The predicted molar refractivity (Wildman–Crippen MR) is 107 cm³/mol. The number of fused-ring (bicyclic) bond motifs is 1. The largest absolute Gasteiger partial charge is 0.478 e. The lowest BCUT2D eigenvalue weighted by atomic mass is 10.1. The zero-order valence-corrected chi connectivity index (χ0v) is 15.8. The Morgan fingerprint density at radius 3 is 2.64 bits per heavy atom. The second-order valence-electron chi connectivity index (χ2n) is 6.70. The van der Waals surface area contributed by atoms with E-state index in [1.54, 1.807) is 31.2 Å². The first kappa shape index (κ1) is 19.6. The molecule has 2 aromatic rings. The number of carbonyl (C=O) groups excluding carboxylic acids is 1. The highest BCUT2D eigenvalue weighted by Gasteiger charge is 2.20. The number of piperazine rings is 1. The van der Waals surface area contributed by atoms with Crippen LogP contribution in [0, 0.1) is 11.3 Å². The molecular weight excluding hydrogens is 358 g/mol. The smallest absolute Gasteiger partial charge is 0.336 e. The lowest BCUT2D eigenvalue weighted by Crippen LogP contribution is -2.46. The summed E-state index contributed by atoms with van der Waals surface area (Å²) in [5.41, 5.74) is 1.30. The van der Waals surface area contributed by atoms with Crippen molar-refractivity contribution in [2.75, 3.05) is 42.9 Å². The summed E-state index contributed by atoms with van der Waals surface area (Å²) in [6.07, 6.45) is 0.857. The number of pyridine rings is 1. The van der Waals surface area contributed by atoms with Crippen LogP contribution in [0.5, 0.6) is 0 Å². The van der Waals surface area contributed by atoms with Crippen molar-refractivity contribution in [3.63, 3.8) is 0 Å². The monoisotopic (exact) mass is 381 g/mol. The average molecular weight is 381 g/mol. The van der Waals surface area contributed by atoms with Gasteiger partial charge in [-0.1, -0.05) is 6.92 Å². The highest BCUT2D eigenvalue weighted by Crippen LogP contribution is 2.26. The Morgan fingerprint density at radius 2 is 2.00 bits per heavy atom. The number of amides is 1. The van der Waals surface area contributed by atoms with Crippen LogP contribution in [0.3, 0.4) is 0 Å². The number of hydrogen-bond donors (Lipinski definition) is 2. The van der Waals surface area contributed by atoms with E-state index in [0.29, 0.717) is 35.2 Å². The van der Waals surface area contributed by atoms with Crippen molar-refractivity contribution in [1.29, 1.82) is 5.26 Å². The highest BCUT2D eigenvalue weighted by molar-refractivity contribution is 6.05. The average Bonchev–Trinajstić information content (AvgIpc) is 2.71. The van der Waals surface area contributed by atoms with Gasteiger partial charge in [0, 0.05) is 56.6 Å². The van der Waals surface area contributed by atoms with Gasteiger partial charge in [-0.15, -0.1) is 0 Å². The molecule has 1 saturated heterocycles. The summed E-state index contributed by atoms with van der Waals surface area (Å²) in [6.45, 7) is 5.59. The maximum absolute atomic E-state index is 11.8. The molecule has 1 aromatic heterocycles. The minimum Gasteiger partial charge on any atom is -0.478 e. The summed E-state index contributed by atoms with van der Waals surface area (Å²) in [5, 5.41) is 21.7. The van der Waals surface area contributed by atoms with Gasteiger partial charge >= 0.3 is 5.97 Å². The van der Waals surface area contributed by atoms with Gasteiger partial charge in [0.1, 0.15) is 5.82 Å². The Kier molecular flexibility index (Phi) is 6.06. The minimum atomic E-state index is -1.03. The maximum Gasteiger partial charge on any atom is 0.336 e. The minimum absolute atomic E-state index is 0.130. The Morgan fingerprint density at radius 1 is 1.25 bits per heavy atom. The molecule has 3 rings (SSSR count). The highest BCUT2D eigenvalue weighted by atomic mass is 16.4. The van der Waals surface area contributed by atoms with Gasteiger partial charge in [0.25, 0.3) is 0 Å². The van der Waals surface area contributed by atoms with Gasteiger partial charge < -0.3 is 15.3 Å². The molecular formula is C20H23N5O3. The van der Waals surface area contributed by atoms with Crippen molar-refractivity contribution in [2.45, 2.75) is 19.8 Å². The fraction of sp³-hybridized carbons (Fsp3) is 0.400. The number of aromatic nitrogens is 1. The third kappa shape index (κ3) is 4.38. The first-order valence-corrected chi connectivity index (χ1v) is 9.34. The normalized spacial score (nSPS) is 14.6. The third-order valence-corrected chi connectivity index (χ3v) is 4.87. The zero-order chi connectivity index (χ0) is 20.1. The predicted octanol–water partition coefficient (Wildman–Crippen LogP) is 2.32. The molecule has 1 aliphatic rings. The van der Waals surface area contributed by atoms with E-state index in [1.165, 1.54) is 0 Å². The number of benzene rings is 1. The first-order valence-electron chi connectivity index (χ1n) is 9.34. The first-order chi connectivity index (χ1) is 13.5. The summed E-state index contributed by atoms with van der Waals surface area (Å²) in [5.74, 6) is -0.523. The molecule has 8 heteroatoms. The Labute approximate surface area is 163 Å².